The highest BCUT2D eigenvalue weighted by molar-refractivity contribution is 5.89. The molecule has 0 radical (unpaired) electrons. The van der Waals surface area contributed by atoms with Crippen LogP contribution in [0.15, 0.2) is 42.5 Å². The van der Waals surface area contributed by atoms with Crippen molar-refractivity contribution in [1.82, 2.24) is 10.4 Å². The number of carbonyl (C=O) groups is 2. The quantitative estimate of drug-likeness (QED) is 0.133. The SMILES string of the molecule is CCN(OC(C)=O)C(=O)Nc1ccc(CCCCOCCCCCCNC[C@@H](O)c2ccc(O)c(CO)c2)cc1. The van der Waals surface area contributed by atoms with Gasteiger partial charge >= 0.3 is 12.0 Å². The number of carbonyl (C=O) groups excluding carboxylic acids is 2. The topological polar surface area (TPSA) is 141 Å². The summed E-state index contributed by atoms with van der Waals surface area (Å²) < 4.78 is 5.76. The summed E-state index contributed by atoms with van der Waals surface area (Å²) in [7, 11) is 0. The minimum atomic E-state index is -0.682. The van der Waals surface area contributed by atoms with Crippen LogP contribution >= 0.6 is 0 Å². The summed E-state index contributed by atoms with van der Waals surface area (Å²) in [6.07, 6.45) is 6.50. The number of benzene rings is 2. The molecule has 0 saturated carbocycles. The van der Waals surface area contributed by atoms with Crippen molar-refractivity contribution < 1.29 is 34.5 Å². The van der Waals surface area contributed by atoms with E-state index in [9.17, 15) is 24.9 Å². The lowest BCUT2D eigenvalue weighted by atomic mass is 10.1. The Labute approximate surface area is 237 Å². The Morgan fingerprint density at radius 2 is 1.68 bits per heavy atom. The molecule has 0 aliphatic rings. The zero-order valence-electron chi connectivity index (χ0n) is 23.7. The molecule has 0 fully saturated rings. The van der Waals surface area contributed by atoms with Crippen LogP contribution in [0.25, 0.3) is 0 Å². The maximum absolute atomic E-state index is 12.2. The lowest BCUT2D eigenvalue weighted by molar-refractivity contribution is -0.172. The van der Waals surface area contributed by atoms with Crippen molar-refractivity contribution in [3.8, 4) is 5.75 Å². The van der Waals surface area contributed by atoms with Gasteiger partial charge in [0.1, 0.15) is 5.75 Å². The summed E-state index contributed by atoms with van der Waals surface area (Å²) in [5.74, 6) is -0.507. The third-order valence-electron chi connectivity index (χ3n) is 6.35. The number of aryl methyl sites for hydroxylation is 1. The molecule has 222 valence electrons. The largest absolute Gasteiger partial charge is 0.508 e. The molecule has 2 aromatic carbocycles. The van der Waals surface area contributed by atoms with Crippen LogP contribution in [0, 0.1) is 0 Å². The molecule has 0 saturated heterocycles. The number of amides is 2. The number of aliphatic hydroxyl groups is 2. The Balaban J connectivity index is 1.45. The summed E-state index contributed by atoms with van der Waals surface area (Å²) in [5, 5.41) is 36.1. The van der Waals surface area contributed by atoms with E-state index < -0.39 is 18.1 Å². The molecule has 2 amide bonds. The number of hydroxylamine groups is 2. The summed E-state index contributed by atoms with van der Waals surface area (Å²) >= 11 is 0. The van der Waals surface area contributed by atoms with Crippen molar-refractivity contribution in [2.75, 3.05) is 38.2 Å². The fourth-order valence-electron chi connectivity index (χ4n) is 4.08. The first-order valence-corrected chi connectivity index (χ1v) is 14.1. The average molecular weight is 560 g/mol. The smallest absolute Gasteiger partial charge is 0.355 e. The van der Waals surface area contributed by atoms with Crippen molar-refractivity contribution in [3.63, 3.8) is 0 Å². The zero-order chi connectivity index (χ0) is 29.2. The van der Waals surface area contributed by atoms with Crippen LogP contribution in [0.5, 0.6) is 5.75 Å². The molecule has 0 spiro atoms. The van der Waals surface area contributed by atoms with E-state index in [1.165, 1.54) is 18.6 Å². The lowest BCUT2D eigenvalue weighted by Crippen LogP contribution is -2.36. The number of aromatic hydroxyl groups is 1. The van der Waals surface area contributed by atoms with Crippen molar-refractivity contribution in [3.05, 3.63) is 59.2 Å². The monoisotopic (exact) mass is 559 g/mol. The maximum atomic E-state index is 12.2. The van der Waals surface area contributed by atoms with Crippen LogP contribution in [0.4, 0.5) is 10.5 Å². The number of nitrogens with one attached hydrogen (secondary N) is 2. The number of aliphatic hydroxyl groups excluding tert-OH is 2. The third-order valence-corrected chi connectivity index (χ3v) is 6.35. The maximum Gasteiger partial charge on any atom is 0.355 e. The summed E-state index contributed by atoms with van der Waals surface area (Å²) in [4.78, 5) is 28.1. The first kappa shape index (κ1) is 33.0. The fraction of sp³-hybridized carbons (Fsp3) is 0.533. The standard InChI is InChI=1S/C30H45N3O7/c1-3-33(40-23(2)35)30(38)32-27-14-11-24(12-15-27)10-6-9-19-39-18-8-5-4-7-17-31-21-29(37)25-13-16-28(36)26(20-25)22-34/h11-16,20,29,31,34,36-37H,3-10,17-19,21-22H2,1-2H3,(H,32,38)/t29-/m1/s1. The van der Waals surface area contributed by atoms with Gasteiger partial charge in [0.2, 0.25) is 0 Å². The van der Waals surface area contributed by atoms with Crippen molar-refractivity contribution >= 4 is 17.7 Å². The number of anilines is 1. The first-order valence-electron chi connectivity index (χ1n) is 14.1. The van der Waals surface area contributed by atoms with Crippen molar-refractivity contribution in [2.24, 2.45) is 0 Å². The number of rotatable bonds is 18. The van der Waals surface area contributed by atoms with Gasteiger partial charge in [-0.3, -0.25) is 4.79 Å². The van der Waals surface area contributed by atoms with E-state index in [4.69, 9.17) is 9.57 Å². The number of urea groups is 1. The number of ether oxygens (including phenoxy) is 1. The molecule has 2 rings (SSSR count). The van der Waals surface area contributed by atoms with Crippen molar-refractivity contribution in [2.45, 2.75) is 71.5 Å². The number of unbranched alkanes of at least 4 members (excludes halogenated alkanes) is 4. The highest BCUT2D eigenvalue weighted by atomic mass is 16.7. The highest BCUT2D eigenvalue weighted by Crippen LogP contribution is 2.22. The van der Waals surface area contributed by atoms with E-state index in [1.807, 2.05) is 24.3 Å². The molecule has 0 aliphatic carbocycles. The van der Waals surface area contributed by atoms with Gasteiger partial charge in [-0.25, -0.2) is 4.79 Å². The van der Waals surface area contributed by atoms with Gasteiger partial charge in [0.05, 0.1) is 19.3 Å². The van der Waals surface area contributed by atoms with Gasteiger partial charge in [0.15, 0.2) is 0 Å². The van der Waals surface area contributed by atoms with E-state index in [1.54, 1.807) is 19.1 Å². The molecular weight excluding hydrogens is 514 g/mol. The fourth-order valence-corrected chi connectivity index (χ4v) is 4.08. The van der Waals surface area contributed by atoms with Gasteiger partial charge in [-0.1, -0.05) is 31.0 Å². The third kappa shape index (κ3) is 12.8. The van der Waals surface area contributed by atoms with Crippen LogP contribution in [0.1, 0.15) is 75.2 Å². The highest BCUT2D eigenvalue weighted by Gasteiger charge is 2.15. The molecule has 0 heterocycles. The molecule has 40 heavy (non-hydrogen) atoms. The van der Waals surface area contributed by atoms with Crippen LogP contribution in [0.2, 0.25) is 0 Å². The predicted octanol–water partition coefficient (Wildman–Crippen LogP) is 4.44. The molecule has 10 heteroatoms. The number of hydrogen-bond acceptors (Lipinski definition) is 8. The number of nitrogens with zero attached hydrogens (tertiary/aromatic N) is 1. The molecule has 0 unspecified atom stereocenters. The number of phenols is 1. The van der Waals surface area contributed by atoms with Crippen molar-refractivity contribution in [1.29, 1.82) is 0 Å². The van der Waals surface area contributed by atoms with Gasteiger partial charge in [-0.05, 0) is 81.0 Å². The van der Waals surface area contributed by atoms with Gasteiger partial charge in [-0.2, -0.15) is 5.06 Å². The van der Waals surface area contributed by atoms with E-state index in [0.29, 0.717) is 23.4 Å². The van der Waals surface area contributed by atoms with E-state index >= 15 is 0 Å². The van der Waals surface area contributed by atoms with Gasteiger partial charge in [0.25, 0.3) is 0 Å². The molecule has 0 bridgehead atoms. The van der Waals surface area contributed by atoms with E-state index in [2.05, 4.69) is 10.6 Å². The Hall–Kier alpha value is -3.18. The number of hydrogen-bond donors (Lipinski definition) is 5. The van der Waals surface area contributed by atoms with Crippen LogP contribution < -0.4 is 10.6 Å². The Kier molecular flexibility index (Phi) is 15.7. The van der Waals surface area contributed by atoms with Crippen LogP contribution in [-0.2, 0) is 27.4 Å². The second-order valence-electron chi connectivity index (χ2n) is 9.65. The second-order valence-corrected chi connectivity index (χ2v) is 9.65. The second kappa shape index (κ2) is 19.0. The molecule has 2 aromatic rings. The zero-order valence-corrected chi connectivity index (χ0v) is 23.7. The van der Waals surface area contributed by atoms with Gasteiger partial charge < -0.3 is 35.5 Å². The summed E-state index contributed by atoms with van der Waals surface area (Å²) in [6, 6.07) is 11.9. The first-order chi connectivity index (χ1) is 19.3. The molecule has 1 atom stereocenters. The minimum Gasteiger partial charge on any atom is -0.508 e. The normalized spacial score (nSPS) is 11.7. The van der Waals surface area contributed by atoms with Gasteiger partial charge in [-0.15, -0.1) is 0 Å². The molecule has 0 aromatic heterocycles. The Morgan fingerprint density at radius 3 is 2.35 bits per heavy atom. The predicted molar refractivity (Wildman–Crippen MR) is 154 cm³/mol. The minimum absolute atomic E-state index is 0.0332. The van der Waals surface area contributed by atoms with Crippen LogP contribution in [0.3, 0.4) is 0 Å². The van der Waals surface area contributed by atoms with Gasteiger partial charge in [0, 0.05) is 37.9 Å². The van der Waals surface area contributed by atoms with E-state index in [0.717, 1.165) is 69.8 Å². The molecule has 0 aliphatic heterocycles. The Morgan fingerprint density at radius 1 is 0.975 bits per heavy atom. The van der Waals surface area contributed by atoms with Crippen LogP contribution in [-0.4, -0.2) is 65.2 Å². The molecule has 5 N–H and O–H groups in total. The van der Waals surface area contributed by atoms with E-state index in [-0.39, 0.29) is 18.9 Å². The lowest BCUT2D eigenvalue weighted by Gasteiger charge is -2.19. The average Bonchev–Trinajstić information content (AvgIpc) is 2.95. The summed E-state index contributed by atoms with van der Waals surface area (Å²) in [6.45, 7) is 5.72. The molecular formula is C30H45N3O7. The summed E-state index contributed by atoms with van der Waals surface area (Å²) in [5.41, 5.74) is 2.91. The molecule has 10 nitrogen and oxygen atoms in total. The Bertz CT molecular complexity index is 1020.